The summed E-state index contributed by atoms with van der Waals surface area (Å²) in [6.07, 6.45) is 1.44. The molecule has 0 unspecified atom stereocenters. The van der Waals surface area contributed by atoms with Gasteiger partial charge in [0.2, 0.25) is 5.89 Å². The van der Waals surface area contributed by atoms with Crippen molar-refractivity contribution in [3.8, 4) is 11.5 Å². The molecule has 144 valence electrons. The Morgan fingerprint density at radius 3 is 2.69 bits per heavy atom. The Kier molecular flexibility index (Phi) is 6.74. The van der Waals surface area contributed by atoms with Crippen molar-refractivity contribution >= 4 is 28.8 Å². The molecule has 2 amide bonds. The number of amides is 2. The van der Waals surface area contributed by atoms with E-state index in [0.29, 0.717) is 16.7 Å². The molecule has 1 heterocycles. The van der Waals surface area contributed by atoms with Crippen molar-refractivity contribution in [1.29, 1.82) is 0 Å². The number of aliphatic carboxylic acids is 1. The number of halogens is 1. The van der Waals surface area contributed by atoms with Gasteiger partial charge in [0.1, 0.15) is 11.3 Å². The first-order valence-corrected chi connectivity index (χ1v) is 8.85. The number of rotatable bonds is 5. The molecule has 1 aliphatic carbocycles. The van der Waals surface area contributed by atoms with E-state index in [4.69, 9.17) is 4.42 Å². The predicted molar refractivity (Wildman–Crippen MR) is 97.9 cm³/mol. The third-order valence-corrected chi connectivity index (χ3v) is 4.55. The van der Waals surface area contributed by atoms with Crippen molar-refractivity contribution in [2.75, 3.05) is 11.9 Å². The first kappa shape index (κ1) is 21.9. The SMILES string of the molecule is Cc1ccc2oc(-c3ccc(NC(=O)N(CC(=O)[O-])C4CC4)c(F)c3)nc2c1.[K+]. The second-order valence-corrected chi connectivity index (χ2v) is 6.85. The summed E-state index contributed by atoms with van der Waals surface area (Å²) in [4.78, 5) is 28.7. The molecule has 3 aromatic rings. The van der Waals surface area contributed by atoms with E-state index in [2.05, 4.69) is 10.3 Å². The standard InChI is InChI=1S/C20H18FN3O4.K/c1-11-2-7-17-16(8-11)22-19(28-17)12-3-6-15(14(21)9-12)23-20(27)24(10-18(25)26)13-4-5-13;/h2-3,6-9,13H,4-5,10H2,1H3,(H,23,27)(H,25,26);/q;+1/p-1. The van der Waals surface area contributed by atoms with Gasteiger partial charge in [0.05, 0.1) is 18.2 Å². The summed E-state index contributed by atoms with van der Waals surface area (Å²) < 4.78 is 20.2. The van der Waals surface area contributed by atoms with Gasteiger partial charge < -0.3 is 24.5 Å². The van der Waals surface area contributed by atoms with Crippen LogP contribution in [0.2, 0.25) is 0 Å². The largest absolute Gasteiger partial charge is 1.00 e. The van der Waals surface area contributed by atoms with E-state index < -0.39 is 24.4 Å². The molecule has 0 saturated heterocycles. The van der Waals surface area contributed by atoms with Crippen LogP contribution in [0.4, 0.5) is 14.9 Å². The van der Waals surface area contributed by atoms with Crippen molar-refractivity contribution in [2.24, 2.45) is 0 Å². The summed E-state index contributed by atoms with van der Waals surface area (Å²) in [5.41, 5.74) is 2.69. The maximum absolute atomic E-state index is 14.5. The number of nitrogens with zero attached hydrogens (tertiary/aromatic N) is 2. The average Bonchev–Trinajstić information content (AvgIpc) is 3.40. The molecule has 1 N–H and O–H groups in total. The number of hydrogen-bond acceptors (Lipinski definition) is 5. The Labute approximate surface area is 208 Å². The van der Waals surface area contributed by atoms with Gasteiger partial charge in [-0.2, -0.15) is 0 Å². The van der Waals surface area contributed by atoms with Gasteiger partial charge in [-0.25, -0.2) is 14.2 Å². The minimum absolute atomic E-state index is 0. The van der Waals surface area contributed by atoms with Crippen LogP contribution in [0.25, 0.3) is 22.6 Å². The summed E-state index contributed by atoms with van der Waals surface area (Å²) in [5.74, 6) is -1.76. The molecule has 0 bridgehead atoms. The van der Waals surface area contributed by atoms with Gasteiger partial charge >= 0.3 is 57.4 Å². The van der Waals surface area contributed by atoms with Gasteiger partial charge in [0.15, 0.2) is 5.58 Å². The maximum Gasteiger partial charge on any atom is 1.00 e. The van der Waals surface area contributed by atoms with Crippen LogP contribution in [0.5, 0.6) is 0 Å². The van der Waals surface area contributed by atoms with Gasteiger partial charge in [-0.3, -0.25) is 0 Å². The summed E-state index contributed by atoms with van der Waals surface area (Å²) in [6.45, 7) is 1.41. The Bertz CT molecular complexity index is 1080. The number of hydrogen-bond donors (Lipinski definition) is 1. The molecule has 0 aliphatic heterocycles. The van der Waals surface area contributed by atoms with Gasteiger partial charge in [0.25, 0.3) is 0 Å². The van der Waals surface area contributed by atoms with Crippen LogP contribution in [0.15, 0.2) is 40.8 Å². The van der Waals surface area contributed by atoms with Crippen molar-refractivity contribution in [3.63, 3.8) is 0 Å². The topological polar surface area (TPSA) is 98.5 Å². The van der Waals surface area contributed by atoms with E-state index in [0.717, 1.165) is 23.3 Å². The molecule has 1 aliphatic rings. The number of benzene rings is 2. The first-order valence-electron chi connectivity index (χ1n) is 8.85. The Morgan fingerprint density at radius 1 is 1.28 bits per heavy atom. The number of nitrogens with one attached hydrogen (secondary N) is 1. The number of carbonyl (C=O) groups is 2. The zero-order valence-corrected chi connectivity index (χ0v) is 19.2. The minimum atomic E-state index is -1.36. The summed E-state index contributed by atoms with van der Waals surface area (Å²) >= 11 is 0. The van der Waals surface area contributed by atoms with Crippen LogP contribution in [-0.2, 0) is 4.79 Å². The van der Waals surface area contributed by atoms with Crippen LogP contribution in [0.1, 0.15) is 18.4 Å². The van der Waals surface area contributed by atoms with Crippen LogP contribution < -0.4 is 61.8 Å². The number of carbonyl (C=O) groups excluding carboxylic acids is 2. The number of carboxylic acid groups (broad SMARTS) is 1. The molecule has 1 fully saturated rings. The molecular weight excluding hydrogens is 404 g/mol. The molecule has 2 aromatic carbocycles. The molecule has 1 saturated carbocycles. The molecule has 29 heavy (non-hydrogen) atoms. The van der Waals surface area contributed by atoms with Crippen molar-refractivity contribution < 1.29 is 74.9 Å². The van der Waals surface area contributed by atoms with Crippen molar-refractivity contribution in [1.82, 2.24) is 9.88 Å². The number of anilines is 1. The molecule has 1 aromatic heterocycles. The summed E-state index contributed by atoms with van der Waals surface area (Å²) in [7, 11) is 0. The molecule has 0 atom stereocenters. The van der Waals surface area contributed by atoms with E-state index in [1.165, 1.54) is 12.1 Å². The second-order valence-electron chi connectivity index (χ2n) is 6.85. The van der Waals surface area contributed by atoms with Crippen LogP contribution in [0.3, 0.4) is 0 Å². The predicted octanol–water partition coefficient (Wildman–Crippen LogP) is -0.307. The zero-order valence-electron chi connectivity index (χ0n) is 16.1. The smallest absolute Gasteiger partial charge is 0.548 e. The number of urea groups is 1. The fourth-order valence-corrected chi connectivity index (χ4v) is 2.99. The first-order chi connectivity index (χ1) is 13.4. The van der Waals surface area contributed by atoms with Crippen LogP contribution >= 0.6 is 0 Å². The third kappa shape index (κ3) is 5.04. The molecule has 4 rings (SSSR count). The van der Waals surface area contributed by atoms with E-state index in [1.807, 2.05) is 19.1 Å². The third-order valence-electron chi connectivity index (χ3n) is 4.55. The summed E-state index contributed by atoms with van der Waals surface area (Å²) in [6, 6.07) is 8.94. The molecule has 0 spiro atoms. The number of fused-ring (bicyclic) bond motifs is 1. The maximum atomic E-state index is 14.5. The van der Waals surface area contributed by atoms with E-state index >= 15 is 0 Å². The number of oxazole rings is 1. The Balaban J connectivity index is 0.00000240. The molecule has 7 nitrogen and oxygen atoms in total. The fourth-order valence-electron chi connectivity index (χ4n) is 2.99. The second kappa shape index (κ2) is 8.93. The van der Waals surface area contributed by atoms with Gasteiger partial charge in [-0.15, -0.1) is 0 Å². The number of carboxylic acids is 1. The minimum Gasteiger partial charge on any atom is -0.548 e. The van der Waals surface area contributed by atoms with Crippen LogP contribution in [0, 0.1) is 12.7 Å². The number of aryl methyl sites for hydroxylation is 1. The Hall–Kier alpha value is -1.78. The molecule has 9 heteroatoms. The quantitative estimate of drug-likeness (QED) is 0.570. The zero-order chi connectivity index (χ0) is 19.8. The Morgan fingerprint density at radius 2 is 2.03 bits per heavy atom. The van der Waals surface area contributed by atoms with E-state index in [9.17, 15) is 19.1 Å². The number of aromatic nitrogens is 1. The van der Waals surface area contributed by atoms with Crippen molar-refractivity contribution in [3.05, 3.63) is 47.8 Å². The van der Waals surface area contributed by atoms with Crippen LogP contribution in [-0.4, -0.2) is 34.5 Å². The average molecular weight is 421 g/mol. The van der Waals surface area contributed by atoms with Gasteiger partial charge in [-0.1, -0.05) is 6.07 Å². The van der Waals surface area contributed by atoms with Crippen molar-refractivity contribution in [2.45, 2.75) is 25.8 Å². The summed E-state index contributed by atoms with van der Waals surface area (Å²) in [5, 5.41) is 13.3. The van der Waals surface area contributed by atoms with E-state index in [1.54, 1.807) is 12.1 Å². The van der Waals surface area contributed by atoms with E-state index in [-0.39, 0.29) is 69.0 Å². The van der Waals surface area contributed by atoms with Gasteiger partial charge in [0, 0.05) is 11.6 Å². The normalized spacial score (nSPS) is 13.0. The fraction of sp³-hybridized carbons (Fsp3) is 0.250. The van der Waals surface area contributed by atoms with Gasteiger partial charge in [-0.05, 0) is 55.7 Å². The molecular formula is C20H17FKN3O4. The molecule has 0 radical (unpaired) electrons. The monoisotopic (exact) mass is 421 g/mol.